The number of hydrogen-bond donors (Lipinski definition) is 1. The van der Waals surface area contributed by atoms with Gasteiger partial charge in [-0.05, 0) is 26.3 Å². The minimum atomic E-state index is -0.712. The fourth-order valence-corrected chi connectivity index (χ4v) is 3.65. The highest BCUT2D eigenvalue weighted by molar-refractivity contribution is 7.15. The number of hydrogen-bond acceptors (Lipinski definition) is 4. The van der Waals surface area contributed by atoms with Crippen LogP contribution in [0, 0.1) is 6.92 Å². The van der Waals surface area contributed by atoms with Crippen molar-refractivity contribution in [1.29, 1.82) is 0 Å². The van der Waals surface area contributed by atoms with Gasteiger partial charge in [-0.15, -0.1) is 11.3 Å². The molecule has 2 aromatic rings. The van der Waals surface area contributed by atoms with Gasteiger partial charge < -0.3 is 5.11 Å². The summed E-state index contributed by atoms with van der Waals surface area (Å²) in [7, 11) is 0. The van der Waals surface area contributed by atoms with E-state index in [2.05, 4.69) is 36.2 Å². The molecule has 0 radical (unpaired) electrons. The summed E-state index contributed by atoms with van der Waals surface area (Å²) in [6.45, 7) is 3.60. The van der Waals surface area contributed by atoms with Crippen LogP contribution in [0.3, 0.4) is 0 Å². The number of aromatic nitrogens is 1. The van der Waals surface area contributed by atoms with Gasteiger partial charge in [0.05, 0.1) is 0 Å². The van der Waals surface area contributed by atoms with E-state index < -0.39 is 5.97 Å². The first-order valence-electron chi connectivity index (χ1n) is 7.12. The predicted molar refractivity (Wildman–Crippen MR) is 83.4 cm³/mol. The molecule has 110 valence electrons. The number of rotatable bonds is 4. The molecule has 3 rings (SSSR count). The molecule has 1 N–H and O–H groups in total. The molecule has 1 aromatic heterocycles. The molecule has 2 heterocycles. The zero-order valence-corrected chi connectivity index (χ0v) is 12.8. The van der Waals surface area contributed by atoms with Crippen LogP contribution >= 0.6 is 11.3 Å². The molecule has 0 bridgehead atoms. The molecule has 0 unspecified atom stereocenters. The van der Waals surface area contributed by atoms with E-state index in [1.165, 1.54) is 5.56 Å². The summed E-state index contributed by atoms with van der Waals surface area (Å²) in [6.07, 6.45) is 3.58. The maximum Gasteiger partial charge on any atom is 0.320 e. The van der Waals surface area contributed by atoms with Crippen LogP contribution in [-0.2, 0) is 11.3 Å². The summed E-state index contributed by atoms with van der Waals surface area (Å²) in [5, 5.41) is 10.2. The quantitative estimate of drug-likeness (QED) is 0.942. The van der Waals surface area contributed by atoms with Gasteiger partial charge in [0.25, 0.3) is 0 Å². The lowest BCUT2D eigenvalue weighted by Gasteiger charge is -2.19. The van der Waals surface area contributed by atoms with Crippen molar-refractivity contribution in [2.45, 2.75) is 32.4 Å². The van der Waals surface area contributed by atoms with Crippen LogP contribution in [-0.4, -0.2) is 33.5 Å². The first-order valence-corrected chi connectivity index (χ1v) is 7.94. The van der Waals surface area contributed by atoms with Crippen molar-refractivity contribution in [3.63, 3.8) is 0 Å². The summed E-state index contributed by atoms with van der Waals surface area (Å²) < 4.78 is 0. The molecule has 0 amide bonds. The molecular weight excluding hydrogens is 284 g/mol. The Labute approximate surface area is 128 Å². The minimum Gasteiger partial charge on any atom is -0.480 e. The van der Waals surface area contributed by atoms with Crippen LogP contribution < -0.4 is 0 Å². The number of carboxylic acid groups (broad SMARTS) is 1. The van der Waals surface area contributed by atoms with E-state index >= 15 is 0 Å². The molecule has 21 heavy (non-hydrogen) atoms. The van der Waals surface area contributed by atoms with Crippen LogP contribution in [0.4, 0.5) is 0 Å². The third-order valence-corrected chi connectivity index (χ3v) is 4.89. The minimum absolute atomic E-state index is 0.338. The second kappa shape index (κ2) is 5.95. The number of benzene rings is 1. The molecule has 0 saturated carbocycles. The Hall–Kier alpha value is -1.72. The molecule has 0 aliphatic carbocycles. The Kier molecular flexibility index (Phi) is 4.03. The van der Waals surface area contributed by atoms with Gasteiger partial charge in [0.15, 0.2) is 0 Å². The summed E-state index contributed by atoms with van der Waals surface area (Å²) in [6, 6.07) is 7.98. The average molecular weight is 302 g/mol. The zero-order valence-electron chi connectivity index (χ0n) is 12.0. The number of thiazole rings is 1. The van der Waals surface area contributed by atoms with E-state index in [1.54, 1.807) is 11.3 Å². The number of nitrogens with zero attached hydrogens (tertiary/aromatic N) is 2. The van der Waals surface area contributed by atoms with Crippen molar-refractivity contribution in [1.82, 2.24) is 9.88 Å². The highest BCUT2D eigenvalue weighted by atomic mass is 32.1. The van der Waals surface area contributed by atoms with Gasteiger partial charge >= 0.3 is 5.97 Å². The summed E-state index contributed by atoms with van der Waals surface area (Å²) in [4.78, 5) is 18.8. The monoisotopic (exact) mass is 302 g/mol. The van der Waals surface area contributed by atoms with Gasteiger partial charge in [0, 0.05) is 23.2 Å². The molecule has 0 spiro atoms. The SMILES string of the molecule is Cc1ccc(-c2ncc(CN3CCC[C@@H]3C(=O)O)s2)cc1. The lowest BCUT2D eigenvalue weighted by molar-refractivity contribution is -0.142. The fourth-order valence-electron chi connectivity index (χ4n) is 2.71. The number of likely N-dealkylation sites (tertiary alicyclic amines) is 1. The van der Waals surface area contributed by atoms with Crippen molar-refractivity contribution in [3.8, 4) is 10.6 Å². The van der Waals surface area contributed by atoms with E-state index in [0.717, 1.165) is 34.8 Å². The highest BCUT2D eigenvalue weighted by Gasteiger charge is 2.30. The van der Waals surface area contributed by atoms with Gasteiger partial charge in [-0.3, -0.25) is 9.69 Å². The molecule has 1 saturated heterocycles. The first kappa shape index (κ1) is 14.2. The molecule has 1 aliphatic heterocycles. The van der Waals surface area contributed by atoms with Crippen LogP contribution in [0.25, 0.3) is 10.6 Å². The van der Waals surface area contributed by atoms with Gasteiger partial charge in [-0.25, -0.2) is 4.98 Å². The van der Waals surface area contributed by atoms with Crippen LogP contribution in [0.2, 0.25) is 0 Å². The lowest BCUT2D eigenvalue weighted by Crippen LogP contribution is -2.35. The maximum absolute atomic E-state index is 11.2. The van der Waals surface area contributed by atoms with Gasteiger partial charge in [0.2, 0.25) is 0 Å². The molecule has 1 aromatic carbocycles. The largest absolute Gasteiger partial charge is 0.480 e. The summed E-state index contributed by atoms with van der Waals surface area (Å²) in [5.74, 6) is -0.712. The zero-order chi connectivity index (χ0) is 14.8. The van der Waals surface area contributed by atoms with Gasteiger partial charge in [-0.2, -0.15) is 0 Å². The Balaban J connectivity index is 1.73. The third kappa shape index (κ3) is 3.14. The number of aliphatic carboxylic acids is 1. The average Bonchev–Trinajstić information content (AvgIpc) is 3.09. The van der Waals surface area contributed by atoms with E-state index in [0.29, 0.717) is 6.54 Å². The molecule has 1 fully saturated rings. The van der Waals surface area contributed by atoms with Crippen LogP contribution in [0.1, 0.15) is 23.3 Å². The first-order chi connectivity index (χ1) is 10.1. The van der Waals surface area contributed by atoms with Gasteiger partial charge in [0.1, 0.15) is 11.0 Å². The Bertz CT molecular complexity index is 636. The number of carboxylic acids is 1. The lowest BCUT2D eigenvalue weighted by atomic mass is 10.2. The molecule has 1 atom stereocenters. The van der Waals surface area contributed by atoms with E-state index in [1.807, 2.05) is 11.1 Å². The Morgan fingerprint density at radius 1 is 1.43 bits per heavy atom. The molecular formula is C16H18N2O2S. The van der Waals surface area contributed by atoms with E-state index in [-0.39, 0.29) is 6.04 Å². The van der Waals surface area contributed by atoms with E-state index in [4.69, 9.17) is 0 Å². The summed E-state index contributed by atoms with van der Waals surface area (Å²) in [5.41, 5.74) is 2.35. The second-order valence-corrected chi connectivity index (χ2v) is 6.58. The van der Waals surface area contributed by atoms with Crippen molar-refractivity contribution in [2.75, 3.05) is 6.54 Å². The van der Waals surface area contributed by atoms with Crippen molar-refractivity contribution < 1.29 is 9.90 Å². The van der Waals surface area contributed by atoms with Gasteiger partial charge in [-0.1, -0.05) is 29.8 Å². The number of carbonyl (C=O) groups is 1. The normalized spacial score (nSPS) is 19.0. The van der Waals surface area contributed by atoms with Crippen molar-refractivity contribution >= 4 is 17.3 Å². The third-order valence-electron chi connectivity index (χ3n) is 3.86. The van der Waals surface area contributed by atoms with Crippen LogP contribution in [0.15, 0.2) is 30.5 Å². The molecule has 5 heteroatoms. The highest BCUT2D eigenvalue weighted by Crippen LogP contribution is 2.28. The standard InChI is InChI=1S/C16H18N2O2S/c1-11-4-6-12(7-5-11)15-17-9-13(21-15)10-18-8-2-3-14(18)16(19)20/h4-7,9,14H,2-3,8,10H2,1H3,(H,19,20)/t14-/m1/s1. The Morgan fingerprint density at radius 2 is 2.19 bits per heavy atom. The molecule has 4 nitrogen and oxygen atoms in total. The smallest absolute Gasteiger partial charge is 0.320 e. The van der Waals surface area contributed by atoms with Crippen LogP contribution in [0.5, 0.6) is 0 Å². The maximum atomic E-state index is 11.2. The topological polar surface area (TPSA) is 53.4 Å². The second-order valence-electron chi connectivity index (χ2n) is 5.46. The van der Waals surface area contributed by atoms with Crippen molar-refractivity contribution in [2.24, 2.45) is 0 Å². The fraction of sp³-hybridized carbons (Fsp3) is 0.375. The summed E-state index contributed by atoms with van der Waals surface area (Å²) >= 11 is 1.65. The predicted octanol–water partition coefficient (Wildman–Crippen LogP) is 3.17. The van der Waals surface area contributed by atoms with E-state index in [9.17, 15) is 9.90 Å². The molecule has 1 aliphatic rings. The van der Waals surface area contributed by atoms with Crippen molar-refractivity contribution in [3.05, 3.63) is 40.9 Å². The Morgan fingerprint density at radius 3 is 2.90 bits per heavy atom. The number of aryl methyl sites for hydroxylation is 1.